The molecule has 0 bridgehead atoms. The Morgan fingerprint density at radius 2 is 2.11 bits per heavy atom. The van der Waals surface area contributed by atoms with Gasteiger partial charge in [0.15, 0.2) is 0 Å². The summed E-state index contributed by atoms with van der Waals surface area (Å²) in [6, 6.07) is 13.4. The predicted molar refractivity (Wildman–Crippen MR) is 72.0 cm³/mol. The summed E-state index contributed by atoms with van der Waals surface area (Å²) in [7, 11) is 0. The van der Waals surface area contributed by atoms with E-state index in [2.05, 4.69) is 5.32 Å². The molecule has 0 saturated heterocycles. The highest BCUT2D eigenvalue weighted by molar-refractivity contribution is 5.67. The average Bonchev–Trinajstić information content (AvgIpc) is 2.41. The lowest BCUT2D eigenvalue weighted by atomic mass is 10.2. The van der Waals surface area contributed by atoms with E-state index in [1.54, 1.807) is 6.07 Å². The molecule has 0 aliphatic carbocycles. The van der Waals surface area contributed by atoms with Gasteiger partial charge in [0.2, 0.25) is 0 Å². The zero-order valence-corrected chi connectivity index (χ0v) is 10.5. The van der Waals surface area contributed by atoms with Gasteiger partial charge in [0.05, 0.1) is 17.9 Å². The van der Waals surface area contributed by atoms with Gasteiger partial charge in [0.25, 0.3) is 0 Å². The summed E-state index contributed by atoms with van der Waals surface area (Å²) in [5.74, 6) is 0.318. The average molecular weight is 256 g/mol. The van der Waals surface area contributed by atoms with Crippen molar-refractivity contribution in [2.45, 2.75) is 6.92 Å². The molecule has 0 aromatic heterocycles. The fraction of sp³-hybridized carbons (Fsp3) is 0.133. The standard InChI is InChI=1S/C15H13FN2O/c1-2-19-14-5-3-4-13(9-14)18-15-7-6-12(16)8-11(15)10-17/h3-9,18H,2H2,1H3. The molecule has 2 aromatic rings. The van der Waals surface area contributed by atoms with Crippen molar-refractivity contribution in [2.24, 2.45) is 0 Å². The summed E-state index contributed by atoms with van der Waals surface area (Å²) in [5, 5.41) is 12.1. The van der Waals surface area contributed by atoms with Crippen LogP contribution in [0.1, 0.15) is 12.5 Å². The van der Waals surface area contributed by atoms with Gasteiger partial charge in [-0.05, 0) is 37.3 Å². The molecule has 2 rings (SSSR count). The molecule has 19 heavy (non-hydrogen) atoms. The normalized spacial score (nSPS) is 9.74. The predicted octanol–water partition coefficient (Wildman–Crippen LogP) is 3.84. The van der Waals surface area contributed by atoms with Gasteiger partial charge in [0.1, 0.15) is 17.6 Å². The van der Waals surface area contributed by atoms with Crippen molar-refractivity contribution in [3.05, 3.63) is 53.8 Å². The molecular formula is C15H13FN2O. The zero-order chi connectivity index (χ0) is 13.7. The van der Waals surface area contributed by atoms with Crippen molar-refractivity contribution in [1.82, 2.24) is 0 Å². The second kappa shape index (κ2) is 5.87. The third kappa shape index (κ3) is 3.23. The van der Waals surface area contributed by atoms with Crippen molar-refractivity contribution >= 4 is 11.4 Å². The highest BCUT2D eigenvalue weighted by Gasteiger charge is 2.04. The number of hydrogen-bond acceptors (Lipinski definition) is 3. The number of halogens is 1. The lowest BCUT2D eigenvalue weighted by molar-refractivity contribution is 0.340. The maximum Gasteiger partial charge on any atom is 0.124 e. The second-order valence-corrected chi connectivity index (χ2v) is 3.89. The molecule has 2 aromatic carbocycles. The van der Waals surface area contributed by atoms with Gasteiger partial charge < -0.3 is 10.1 Å². The molecule has 0 atom stereocenters. The molecule has 1 N–H and O–H groups in total. The van der Waals surface area contributed by atoms with Crippen LogP contribution >= 0.6 is 0 Å². The molecule has 3 nitrogen and oxygen atoms in total. The van der Waals surface area contributed by atoms with Gasteiger partial charge in [-0.1, -0.05) is 6.07 Å². The van der Waals surface area contributed by atoms with Crippen LogP contribution in [0.2, 0.25) is 0 Å². The third-order valence-corrected chi connectivity index (χ3v) is 2.53. The molecule has 0 aliphatic heterocycles. The third-order valence-electron chi connectivity index (χ3n) is 2.53. The smallest absolute Gasteiger partial charge is 0.124 e. The maximum atomic E-state index is 13.0. The van der Waals surface area contributed by atoms with Crippen LogP contribution in [0.25, 0.3) is 0 Å². The molecule has 0 heterocycles. The van der Waals surface area contributed by atoms with Gasteiger partial charge in [-0.15, -0.1) is 0 Å². The lowest BCUT2D eigenvalue weighted by Crippen LogP contribution is -1.96. The van der Waals surface area contributed by atoms with Gasteiger partial charge >= 0.3 is 0 Å². The van der Waals surface area contributed by atoms with Crippen LogP contribution in [0.5, 0.6) is 5.75 Å². The quantitative estimate of drug-likeness (QED) is 0.903. The summed E-state index contributed by atoms with van der Waals surface area (Å²) >= 11 is 0. The van der Waals surface area contributed by atoms with Crippen LogP contribution in [-0.2, 0) is 0 Å². The van der Waals surface area contributed by atoms with E-state index in [9.17, 15) is 4.39 Å². The maximum absolute atomic E-state index is 13.0. The van der Waals surface area contributed by atoms with Crippen molar-refractivity contribution in [1.29, 1.82) is 5.26 Å². The minimum Gasteiger partial charge on any atom is -0.494 e. The Morgan fingerprint density at radius 1 is 1.26 bits per heavy atom. The number of nitrogens with zero attached hydrogens (tertiary/aromatic N) is 1. The molecule has 0 fully saturated rings. The van der Waals surface area contributed by atoms with E-state index in [0.717, 1.165) is 11.4 Å². The first-order valence-corrected chi connectivity index (χ1v) is 5.92. The Balaban J connectivity index is 2.26. The van der Waals surface area contributed by atoms with Crippen molar-refractivity contribution in [2.75, 3.05) is 11.9 Å². The van der Waals surface area contributed by atoms with Crippen molar-refractivity contribution < 1.29 is 9.13 Å². The van der Waals surface area contributed by atoms with E-state index in [1.807, 2.05) is 37.3 Å². The van der Waals surface area contributed by atoms with E-state index in [-0.39, 0.29) is 5.56 Å². The van der Waals surface area contributed by atoms with Gasteiger partial charge in [-0.2, -0.15) is 5.26 Å². The molecule has 96 valence electrons. The first-order valence-electron chi connectivity index (χ1n) is 5.92. The topological polar surface area (TPSA) is 45.0 Å². The lowest BCUT2D eigenvalue weighted by Gasteiger charge is -2.10. The fourth-order valence-electron chi connectivity index (χ4n) is 1.70. The Bertz CT molecular complexity index is 620. The highest BCUT2D eigenvalue weighted by Crippen LogP contribution is 2.24. The van der Waals surface area contributed by atoms with Crippen LogP contribution in [0, 0.1) is 17.1 Å². The van der Waals surface area contributed by atoms with E-state index >= 15 is 0 Å². The fourth-order valence-corrected chi connectivity index (χ4v) is 1.70. The summed E-state index contributed by atoms with van der Waals surface area (Å²) in [5.41, 5.74) is 1.62. The molecular weight excluding hydrogens is 243 g/mol. The second-order valence-electron chi connectivity index (χ2n) is 3.89. The van der Waals surface area contributed by atoms with Crippen molar-refractivity contribution in [3.63, 3.8) is 0 Å². The first kappa shape index (κ1) is 12.9. The Morgan fingerprint density at radius 3 is 2.84 bits per heavy atom. The minimum atomic E-state index is -0.426. The van der Waals surface area contributed by atoms with E-state index in [0.29, 0.717) is 12.3 Å². The molecule has 0 aliphatic rings. The Hall–Kier alpha value is -2.54. The van der Waals surface area contributed by atoms with Gasteiger partial charge in [0, 0.05) is 11.8 Å². The molecule has 0 radical (unpaired) electrons. The molecule has 0 spiro atoms. The van der Waals surface area contributed by atoms with E-state index < -0.39 is 5.82 Å². The first-order chi connectivity index (χ1) is 9.22. The summed E-state index contributed by atoms with van der Waals surface area (Å²) in [4.78, 5) is 0. The number of rotatable bonds is 4. The van der Waals surface area contributed by atoms with E-state index in [1.165, 1.54) is 12.1 Å². The minimum absolute atomic E-state index is 0.266. The van der Waals surface area contributed by atoms with Crippen LogP contribution in [-0.4, -0.2) is 6.61 Å². The van der Waals surface area contributed by atoms with Crippen LogP contribution in [0.3, 0.4) is 0 Å². The molecule has 0 saturated carbocycles. The van der Waals surface area contributed by atoms with Crippen LogP contribution in [0.4, 0.5) is 15.8 Å². The van der Waals surface area contributed by atoms with Gasteiger partial charge in [-0.3, -0.25) is 0 Å². The van der Waals surface area contributed by atoms with Gasteiger partial charge in [-0.25, -0.2) is 4.39 Å². The Labute approximate surface area is 111 Å². The van der Waals surface area contributed by atoms with Crippen LogP contribution in [0.15, 0.2) is 42.5 Å². The molecule has 0 amide bonds. The van der Waals surface area contributed by atoms with Crippen LogP contribution < -0.4 is 10.1 Å². The number of benzene rings is 2. The number of hydrogen-bond donors (Lipinski definition) is 1. The zero-order valence-electron chi connectivity index (χ0n) is 10.5. The summed E-state index contributed by atoms with van der Waals surface area (Å²) in [6.45, 7) is 2.50. The molecule has 4 heteroatoms. The summed E-state index contributed by atoms with van der Waals surface area (Å²) in [6.07, 6.45) is 0. The number of ether oxygens (including phenoxy) is 1. The SMILES string of the molecule is CCOc1cccc(Nc2ccc(F)cc2C#N)c1. The largest absolute Gasteiger partial charge is 0.494 e. The number of anilines is 2. The monoisotopic (exact) mass is 256 g/mol. The van der Waals surface area contributed by atoms with E-state index in [4.69, 9.17) is 10.00 Å². The summed E-state index contributed by atoms with van der Waals surface area (Å²) < 4.78 is 18.4. The number of nitrogens with one attached hydrogen (secondary N) is 1. The molecule has 0 unspecified atom stereocenters. The highest BCUT2D eigenvalue weighted by atomic mass is 19.1. The number of nitriles is 1. The van der Waals surface area contributed by atoms with Crippen molar-refractivity contribution in [3.8, 4) is 11.8 Å². The Kier molecular flexibility index (Phi) is 3.99.